The molecular weight excluding hydrogens is 238 g/mol. The molecule has 0 bridgehead atoms. The monoisotopic (exact) mass is 257 g/mol. The Labute approximate surface area is 113 Å². The molecule has 0 saturated carbocycles. The highest BCUT2D eigenvalue weighted by Crippen LogP contribution is 2.32. The number of hydrogen-bond donors (Lipinski definition) is 1. The predicted octanol–water partition coefficient (Wildman–Crippen LogP) is 2.98. The van der Waals surface area contributed by atoms with Crippen molar-refractivity contribution in [3.05, 3.63) is 47.9 Å². The Morgan fingerprint density at radius 1 is 1.26 bits per heavy atom. The van der Waals surface area contributed by atoms with Crippen molar-refractivity contribution in [2.45, 2.75) is 31.8 Å². The molecule has 100 valence electrons. The molecule has 0 aliphatic carbocycles. The Kier molecular flexibility index (Phi) is 3.51. The van der Waals surface area contributed by atoms with Gasteiger partial charge in [-0.1, -0.05) is 36.8 Å². The van der Waals surface area contributed by atoms with E-state index in [-0.39, 0.29) is 6.01 Å². The average Bonchev–Trinajstić information content (AvgIpc) is 2.87. The fourth-order valence-corrected chi connectivity index (χ4v) is 2.78. The van der Waals surface area contributed by atoms with E-state index in [0.717, 1.165) is 25.3 Å². The number of piperidine rings is 1. The van der Waals surface area contributed by atoms with Gasteiger partial charge >= 0.3 is 0 Å². The molecule has 19 heavy (non-hydrogen) atoms. The van der Waals surface area contributed by atoms with Gasteiger partial charge in [-0.3, -0.25) is 4.90 Å². The lowest BCUT2D eigenvalue weighted by molar-refractivity contribution is 0.123. The Bertz CT molecular complexity index is 523. The second kappa shape index (κ2) is 5.45. The van der Waals surface area contributed by atoms with E-state index in [1.165, 1.54) is 18.4 Å². The van der Waals surface area contributed by atoms with Crippen molar-refractivity contribution in [2.24, 2.45) is 0 Å². The summed E-state index contributed by atoms with van der Waals surface area (Å²) in [5.74, 6) is 0.896. The third kappa shape index (κ3) is 2.79. The first-order valence-corrected chi connectivity index (χ1v) is 6.82. The van der Waals surface area contributed by atoms with E-state index in [2.05, 4.69) is 34.1 Å². The molecule has 2 N–H and O–H groups in total. The second-order valence-corrected chi connectivity index (χ2v) is 5.07. The lowest BCUT2D eigenvalue weighted by atomic mass is 9.99. The molecule has 1 aliphatic heterocycles. The zero-order chi connectivity index (χ0) is 13.1. The molecule has 1 unspecified atom stereocenters. The lowest BCUT2D eigenvalue weighted by Gasteiger charge is -2.34. The number of rotatable bonds is 3. The van der Waals surface area contributed by atoms with Gasteiger partial charge in [-0.15, -0.1) is 0 Å². The molecular formula is C15H19N3O. The van der Waals surface area contributed by atoms with Crippen LogP contribution in [0.1, 0.15) is 36.6 Å². The molecule has 4 heteroatoms. The highest BCUT2D eigenvalue weighted by atomic mass is 16.4. The number of nitrogens with zero attached hydrogens (tertiary/aromatic N) is 2. The smallest absolute Gasteiger partial charge is 0.292 e. The van der Waals surface area contributed by atoms with Crippen LogP contribution in [0.4, 0.5) is 6.01 Å². The zero-order valence-corrected chi connectivity index (χ0v) is 11.0. The standard InChI is InChI=1S/C15H19N3O/c16-15-17-10-14(19-15)13-8-4-5-9-18(13)11-12-6-2-1-3-7-12/h1-3,6-7,10,13H,4-5,8-9,11H2,(H2,16,17). The normalized spacial score (nSPS) is 20.5. The van der Waals surface area contributed by atoms with Crippen molar-refractivity contribution in [1.29, 1.82) is 0 Å². The molecule has 0 spiro atoms. The molecule has 2 aromatic rings. The summed E-state index contributed by atoms with van der Waals surface area (Å²) in [4.78, 5) is 6.47. The van der Waals surface area contributed by atoms with E-state index in [9.17, 15) is 0 Å². The highest BCUT2D eigenvalue weighted by Gasteiger charge is 2.26. The van der Waals surface area contributed by atoms with Crippen molar-refractivity contribution in [3.63, 3.8) is 0 Å². The van der Waals surface area contributed by atoms with Crippen LogP contribution in [-0.4, -0.2) is 16.4 Å². The van der Waals surface area contributed by atoms with Crippen molar-refractivity contribution in [3.8, 4) is 0 Å². The summed E-state index contributed by atoms with van der Waals surface area (Å²) < 4.78 is 5.52. The van der Waals surface area contributed by atoms with Gasteiger partial charge in [0, 0.05) is 6.54 Å². The number of likely N-dealkylation sites (tertiary alicyclic amines) is 1. The van der Waals surface area contributed by atoms with E-state index in [1.54, 1.807) is 6.20 Å². The third-order valence-electron chi connectivity index (χ3n) is 3.71. The minimum atomic E-state index is 0.264. The van der Waals surface area contributed by atoms with Crippen LogP contribution in [0.15, 0.2) is 40.9 Å². The number of hydrogen-bond acceptors (Lipinski definition) is 4. The first kappa shape index (κ1) is 12.2. The Hall–Kier alpha value is -1.81. The summed E-state index contributed by atoms with van der Waals surface area (Å²) in [6.45, 7) is 2.05. The fraction of sp³-hybridized carbons (Fsp3) is 0.400. The summed E-state index contributed by atoms with van der Waals surface area (Å²) in [5, 5.41) is 0. The van der Waals surface area contributed by atoms with Crippen LogP contribution >= 0.6 is 0 Å². The molecule has 3 rings (SSSR count). The van der Waals surface area contributed by atoms with Gasteiger partial charge in [0.05, 0.1) is 12.2 Å². The number of nitrogen functional groups attached to an aromatic ring is 1. The highest BCUT2D eigenvalue weighted by molar-refractivity contribution is 5.17. The molecule has 0 amide bonds. The van der Waals surface area contributed by atoms with Gasteiger partial charge in [0.1, 0.15) is 5.76 Å². The lowest BCUT2D eigenvalue weighted by Crippen LogP contribution is -2.32. The number of anilines is 1. The molecule has 1 saturated heterocycles. The van der Waals surface area contributed by atoms with E-state index in [0.29, 0.717) is 6.04 Å². The summed E-state index contributed by atoms with van der Waals surface area (Å²) in [7, 11) is 0. The van der Waals surface area contributed by atoms with Gasteiger partial charge in [0.25, 0.3) is 6.01 Å². The van der Waals surface area contributed by atoms with Gasteiger partial charge in [-0.2, -0.15) is 0 Å². The average molecular weight is 257 g/mol. The maximum absolute atomic E-state index is 5.59. The second-order valence-electron chi connectivity index (χ2n) is 5.07. The van der Waals surface area contributed by atoms with Gasteiger partial charge in [0.15, 0.2) is 0 Å². The van der Waals surface area contributed by atoms with Gasteiger partial charge < -0.3 is 10.2 Å². The molecule has 0 radical (unpaired) electrons. The van der Waals surface area contributed by atoms with Crippen LogP contribution in [0.3, 0.4) is 0 Å². The quantitative estimate of drug-likeness (QED) is 0.918. The Morgan fingerprint density at radius 3 is 2.84 bits per heavy atom. The summed E-state index contributed by atoms with van der Waals surface area (Å²) in [5.41, 5.74) is 6.92. The Balaban J connectivity index is 1.77. The number of aromatic nitrogens is 1. The first-order valence-electron chi connectivity index (χ1n) is 6.82. The van der Waals surface area contributed by atoms with Crippen molar-refractivity contribution < 1.29 is 4.42 Å². The predicted molar refractivity (Wildman–Crippen MR) is 74.4 cm³/mol. The third-order valence-corrected chi connectivity index (χ3v) is 3.71. The van der Waals surface area contributed by atoms with E-state index in [4.69, 9.17) is 10.2 Å². The molecule has 1 fully saturated rings. The summed E-state index contributed by atoms with van der Waals surface area (Å²) in [6.07, 6.45) is 5.36. The van der Waals surface area contributed by atoms with Crippen LogP contribution in [0.5, 0.6) is 0 Å². The fourth-order valence-electron chi connectivity index (χ4n) is 2.78. The molecule has 2 heterocycles. The number of oxazole rings is 1. The van der Waals surface area contributed by atoms with Crippen LogP contribution in [-0.2, 0) is 6.54 Å². The topological polar surface area (TPSA) is 55.3 Å². The first-order chi connectivity index (χ1) is 9.33. The van der Waals surface area contributed by atoms with Gasteiger partial charge in [-0.25, -0.2) is 4.98 Å². The maximum Gasteiger partial charge on any atom is 0.292 e. The number of nitrogens with two attached hydrogens (primary N) is 1. The van der Waals surface area contributed by atoms with Crippen molar-refractivity contribution >= 4 is 6.01 Å². The van der Waals surface area contributed by atoms with Crippen LogP contribution in [0.25, 0.3) is 0 Å². The van der Waals surface area contributed by atoms with Gasteiger partial charge in [0.2, 0.25) is 0 Å². The largest absolute Gasteiger partial charge is 0.427 e. The maximum atomic E-state index is 5.59. The SMILES string of the molecule is Nc1ncc(C2CCCCN2Cc2ccccc2)o1. The zero-order valence-electron chi connectivity index (χ0n) is 11.0. The molecule has 1 aromatic heterocycles. The number of benzene rings is 1. The molecule has 1 aromatic carbocycles. The van der Waals surface area contributed by atoms with Crippen molar-refractivity contribution in [2.75, 3.05) is 12.3 Å². The molecule has 4 nitrogen and oxygen atoms in total. The summed E-state index contributed by atoms with van der Waals surface area (Å²) >= 11 is 0. The molecule has 1 atom stereocenters. The molecule has 1 aliphatic rings. The Morgan fingerprint density at radius 2 is 2.11 bits per heavy atom. The van der Waals surface area contributed by atoms with E-state index < -0.39 is 0 Å². The van der Waals surface area contributed by atoms with Crippen LogP contribution in [0.2, 0.25) is 0 Å². The van der Waals surface area contributed by atoms with Crippen LogP contribution in [0, 0.1) is 0 Å². The minimum Gasteiger partial charge on any atom is -0.427 e. The van der Waals surface area contributed by atoms with Gasteiger partial charge in [-0.05, 0) is 24.9 Å². The van der Waals surface area contributed by atoms with E-state index in [1.807, 2.05) is 6.07 Å². The summed E-state index contributed by atoms with van der Waals surface area (Å²) in [6, 6.07) is 11.1. The van der Waals surface area contributed by atoms with Crippen molar-refractivity contribution in [1.82, 2.24) is 9.88 Å². The van der Waals surface area contributed by atoms with Crippen LogP contribution < -0.4 is 5.73 Å². The van der Waals surface area contributed by atoms with E-state index >= 15 is 0 Å². The minimum absolute atomic E-state index is 0.264.